The van der Waals surface area contributed by atoms with Crippen LogP contribution in [-0.2, 0) is 20.8 Å². The van der Waals surface area contributed by atoms with E-state index < -0.39 is 6.04 Å². The molecule has 1 atom stereocenters. The van der Waals surface area contributed by atoms with Gasteiger partial charge >= 0.3 is 0 Å². The number of nitrogens with one attached hydrogen (secondary N) is 1. The zero-order chi connectivity index (χ0) is 13.8. The number of hydrogen-bond donors (Lipinski definition) is 1. The molecule has 0 saturated carbocycles. The quantitative estimate of drug-likeness (QED) is 0.804. The van der Waals surface area contributed by atoms with E-state index in [9.17, 15) is 14.4 Å². The monoisotopic (exact) mass is 260 g/mol. The molecule has 1 aliphatic rings. The average molecular weight is 260 g/mol. The minimum atomic E-state index is -0.584. The van der Waals surface area contributed by atoms with Gasteiger partial charge in [0.2, 0.25) is 11.8 Å². The molecular formula is C14H16N2O3. The largest absolute Gasteiger partial charge is 0.344 e. The summed E-state index contributed by atoms with van der Waals surface area (Å²) in [6.45, 7) is 0. The molecule has 0 radical (unpaired) electrons. The summed E-state index contributed by atoms with van der Waals surface area (Å²) >= 11 is 0. The molecule has 1 fully saturated rings. The fourth-order valence-corrected chi connectivity index (χ4v) is 2.08. The third kappa shape index (κ3) is 3.19. The Morgan fingerprint density at radius 1 is 1.32 bits per heavy atom. The summed E-state index contributed by atoms with van der Waals surface area (Å²) in [5.41, 5.74) is 0.896. The number of likely N-dealkylation sites (N-methyl/N-ethyl adjacent to an activating group) is 1. The molecule has 1 aromatic carbocycles. The molecule has 3 amide bonds. The predicted octanol–water partition coefficient (Wildman–Crippen LogP) is 0.493. The molecule has 2 rings (SSSR count). The van der Waals surface area contributed by atoms with Crippen LogP contribution in [0, 0.1) is 0 Å². The minimum absolute atomic E-state index is 0.196. The third-order valence-electron chi connectivity index (χ3n) is 3.19. The van der Waals surface area contributed by atoms with Crippen LogP contribution in [0.25, 0.3) is 0 Å². The van der Waals surface area contributed by atoms with E-state index in [2.05, 4.69) is 5.32 Å². The molecule has 1 N–H and O–H groups in total. The van der Waals surface area contributed by atoms with E-state index in [1.807, 2.05) is 30.3 Å². The molecule has 5 heteroatoms. The summed E-state index contributed by atoms with van der Waals surface area (Å²) < 4.78 is 0. The summed E-state index contributed by atoms with van der Waals surface area (Å²) in [7, 11) is 1.44. The average Bonchev–Trinajstić information content (AvgIpc) is 2.41. The van der Waals surface area contributed by atoms with Crippen LogP contribution in [0.2, 0.25) is 0 Å². The second kappa shape index (κ2) is 5.65. The number of carbonyl (C=O) groups excluding carboxylic acids is 3. The summed E-state index contributed by atoms with van der Waals surface area (Å²) in [6, 6.07) is 8.74. The Kier molecular flexibility index (Phi) is 3.94. The molecule has 1 saturated heterocycles. The Bertz CT molecular complexity index is 499. The van der Waals surface area contributed by atoms with E-state index in [-0.39, 0.29) is 24.1 Å². The first-order chi connectivity index (χ1) is 9.08. The van der Waals surface area contributed by atoms with Gasteiger partial charge in [-0.05, 0) is 12.0 Å². The molecule has 19 heavy (non-hydrogen) atoms. The number of rotatable bonds is 3. The highest BCUT2D eigenvalue weighted by Gasteiger charge is 2.32. The minimum Gasteiger partial charge on any atom is -0.344 e. The van der Waals surface area contributed by atoms with Crippen LogP contribution in [0.3, 0.4) is 0 Å². The van der Waals surface area contributed by atoms with Crippen molar-refractivity contribution in [3.63, 3.8) is 0 Å². The van der Waals surface area contributed by atoms with Crippen LogP contribution in [0.5, 0.6) is 0 Å². The number of carbonyl (C=O) groups is 3. The van der Waals surface area contributed by atoms with E-state index in [0.29, 0.717) is 12.8 Å². The molecule has 0 aromatic heterocycles. The highest BCUT2D eigenvalue weighted by atomic mass is 16.2. The smallest absolute Gasteiger partial charge is 0.251 e. The van der Waals surface area contributed by atoms with E-state index in [1.165, 1.54) is 7.05 Å². The van der Waals surface area contributed by atoms with Gasteiger partial charge in [-0.25, -0.2) is 0 Å². The van der Waals surface area contributed by atoms with Gasteiger partial charge in [0, 0.05) is 13.5 Å². The van der Waals surface area contributed by atoms with E-state index in [4.69, 9.17) is 0 Å². The number of amides is 3. The topological polar surface area (TPSA) is 66.5 Å². The normalized spacial score (nSPS) is 19.4. The van der Waals surface area contributed by atoms with Crippen LogP contribution in [0.4, 0.5) is 0 Å². The van der Waals surface area contributed by atoms with Gasteiger partial charge < -0.3 is 5.32 Å². The lowest BCUT2D eigenvalue weighted by Gasteiger charge is -2.28. The molecule has 0 spiro atoms. The van der Waals surface area contributed by atoms with E-state index >= 15 is 0 Å². The Morgan fingerprint density at radius 3 is 2.68 bits per heavy atom. The first-order valence-corrected chi connectivity index (χ1v) is 6.21. The second-order valence-corrected chi connectivity index (χ2v) is 4.61. The number of nitrogens with zero attached hydrogens (tertiary/aromatic N) is 1. The predicted molar refractivity (Wildman–Crippen MR) is 69.1 cm³/mol. The molecule has 1 heterocycles. The number of piperidine rings is 1. The maximum Gasteiger partial charge on any atom is 0.251 e. The SMILES string of the molecule is CN1C(=O)CCC(NC(=O)Cc2ccccc2)C1=O. The van der Waals surface area contributed by atoms with Crippen molar-refractivity contribution >= 4 is 17.7 Å². The molecule has 0 aliphatic carbocycles. The lowest BCUT2D eigenvalue weighted by atomic mass is 10.0. The molecule has 1 aromatic rings. The maximum atomic E-state index is 11.8. The van der Waals surface area contributed by atoms with Gasteiger partial charge in [-0.2, -0.15) is 0 Å². The van der Waals surface area contributed by atoms with Crippen LogP contribution in [0.15, 0.2) is 30.3 Å². The summed E-state index contributed by atoms with van der Waals surface area (Å²) in [5.74, 6) is -0.733. The Balaban J connectivity index is 1.92. The lowest BCUT2D eigenvalue weighted by Crippen LogP contribution is -2.53. The maximum absolute atomic E-state index is 11.8. The Labute approximate surface area is 111 Å². The Hall–Kier alpha value is -2.17. The number of benzene rings is 1. The summed E-state index contributed by atoms with van der Waals surface area (Å²) in [4.78, 5) is 36.1. The standard InChI is InChI=1S/C14H16N2O3/c1-16-13(18)8-7-11(14(16)19)15-12(17)9-10-5-3-2-4-6-10/h2-6,11H,7-9H2,1H3,(H,15,17). The van der Waals surface area contributed by atoms with Crippen molar-refractivity contribution in [3.8, 4) is 0 Å². The fourth-order valence-electron chi connectivity index (χ4n) is 2.08. The number of imide groups is 1. The van der Waals surface area contributed by atoms with Gasteiger partial charge in [0.05, 0.1) is 6.42 Å². The van der Waals surface area contributed by atoms with E-state index in [0.717, 1.165) is 10.5 Å². The van der Waals surface area contributed by atoms with Gasteiger partial charge in [0.1, 0.15) is 6.04 Å². The van der Waals surface area contributed by atoms with Crippen LogP contribution >= 0.6 is 0 Å². The summed E-state index contributed by atoms with van der Waals surface area (Å²) in [5, 5.41) is 2.69. The molecular weight excluding hydrogens is 244 g/mol. The van der Waals surface area contributed by atoms with Crippen LogP contribution in [0.1, 0.15) is 18.4 Å². The van der Waals surface area contributed by atoms with Crippen molar-refractivity contribution in [1.82, 2.24) is 10.2 Å². The molecule has 100 valence electrons. The van der Waals surface area contributed by atoms with Gasteiger partial charge in [-0.15, -0.1) is 0 Å². The number of hydrogen-bond acceptors (Lipinski definition) is 3. The number of likely N-dealkylation sites (tertiary alicyclic amines) is 1. The highest BCUT2D eigenvalue weighted by Crippen LogP contribution is 2.11. The van der Waals surface area contributed by atoms with Crippen molar-refractivity contribution in [1.29, 1.82) is 0 Å². The fraction of sp³-hybridized carbons (Fsp3) is 0.357. The van der Waals surface area contributed by atoms with Crippen molar-refractivity contribution in [2.75, 3.05) is 7.05 Å². The van der Waals surface area contributed by atoms with Crippen molar-refractivity contribution < 1.29 is 14.4 Å². The molecule has 1 aliphatic heterocycles. The highest BCUT2D eigenvalue weighted by molar-refractivity contribution is 6.01. The van der Waals surface area contributed by atoms with Crippen LogP contribution in [-0.4, -0.2) is 35.7 Å². The third-order valence-corrected chi connectivity index (χ3v) is 3.19. The molecule has 0 bridgehead atoms. The zero-order valence-corrected chi connectivity index (χ0v) is 10.8. The van der Waals surface area contributed by atoms with Gasteiger partial charge in [0.15, 0.2) is 0 Å². The second-order valence-electron chi connectivity index (χ2n) is 4.61. The molecule has 5 nitrogen and oxygen atoms in total. The lowest BCUT2D eigenvalue weighted by molar-refractivity contribution is -0.149. The van der Waals surface area contributed by atoms with E-state index in [1.54, 1.807) is 0 Å². The van der Waals surface area contributed by atoms with Gasteiger partial charge in [-0.3, -0.25) is 19.3 Å². The molecule has 1 unspecified atom stereocenters. The Morgan fingerprint density at radius 2 is 2.00 bits per heavy atom. The van der Waals surface area contributed by atoms with Crippen LogP contribution < -0.4 is 5.32 Å². The summed E-state index contributed by atoms with van der Waals surface area (Å²) in [6.07, 6.45) is 0.906. The van der Waals surface area contributed by atoms with Gasteiger partial charge in [-0.1, -0.05) is 30.3 Å². The van der Waals surface area contributed by atoms with Crippen molar-refractivity contribution in [3.05, 3.63) is 35.9 Å². The van der Waals surface area contributed by atoms with Crippen molar-refractivity contribution in [2.45, 2.75) is 25.3 Å². The first kappa shape index (κ1) is 13.3. The van der Waals surface area contributed by atoms with Crippen molar-refractivity contribution in [2.24, 2.45) is 0 Å². The van der Waals surface area contributed by atoms with Gasteiger partial charge in [0.25, 0.3) is 5.91 Å². The first-order valence-electron chi connectivity index (χ1n) is 6.21. The zero-order valence-electron chi connectivity index (χ0n) is 10.8.